The van der Waals surface area contributed by atoms with Crippen LogP contribution in [0.2, 0.25) is 0 Å². The number of alkyl halides is 3. The van der Waals surface area contributed by atoms with E-state index in [0.717, 1.165) is 11.4 Å². The molecule has 1 aliphatic carbocycles. The molecule has 38 heavy (non-hydrogen) atoms. The van der Waals surface area contributed by atoms with E-state index in [4.69, 9.17) is 5.73 Å². The molecular formula is C30H31F3N4O. The number of allylic oxidation sites excluding steroid dienone is 3. The molecule has 1 atom stereocenters. The smallest absolute Gasteiger partial charge is 0.385 e. The fourth-order valence-electron chi connectivity index (χ4n) is 4.64. The fourth-order valence-corrected chi connectivity index (χ4v) is 4.64. The van der Waals surface area contributed by atoms with Gasteiger partial charge in [-0.25, -0.2) is 4.98 Å². The van der Waals surface area contributed by atoms with Crippen LogP contribution in [0.3, 0.4) is 0 Å². The van der Waals surface area contributed by atoms with Crippen LogP contribution in [-0.2, 0) is 11.2 Å². The number of rotatable bonds is 8. The lowest BCUT2D eigenvalue weighted by Crippen LogP contribution is -2.43. The van der Waals surface area contributed by atoms with Crippen LogP contribution in [0.5, 0.6) is 0 Å². The van der Waals surface area contributed by atoms with E-state index in [0.29, 0.717) is 35.6 Å². The molecule has 4 rings (SSSR count). The Bertz CT molecular complexity index is 1330. The van der Waals surface area contributed by atoms with Gasteiger partial charge in [-0.2, -0.15) is 13.2 Å². The van der Waals surface area contributed by atoms with Gasteiger partial charge in [0.05, 0.1) is 5.41 Å². The minimum atomic E-state index is -4.50. The van der Waals surface area contributed by atoms with Crippen LogP contribution in [0, 0.1) is 11.3 Å². The third-order valence-corrected chi connectivity index (χ3v) is 6.94. The van der Waals surface area contributed by atoms with Gasteiger partial charge in [0.15, 0.2) is 0 Å². The first-order valence-corrected chi connectivity index (χ1v) is 12.5. The molecular weight excluding hydrogens is 489 g/mol. The number of nitrogens with zero attached hydrogens (tertiary/aromatic N) is 1. The largest absolute Gasteiger partial charge is 0.398 e. The van der Waals surface area contributed by atoms with Gasteiger partial charge in [0.1, 0.15) is 5.82 Å². The molecule has 1 heterocycles. The Balaban J connectivity index is 1.51. The number of carbonyl (C=O) groups is 1. The van der Waals surface area contributed by atoms with Gasteiger partial charge in [-0.3, -0.25) is 4.79 Å². The van der Waals surface area contributed by atoms with Gasteiger partial charge in [0, 0.05) is 35.6 Å². The molecule has 3 aromatic rings. The molecule has 0 radical (unpaired) electrons. The minimum absolute atomic E-state index is 0.113. The third-order valence-electron chi connectivity index (χ3n) is 6.94. The first-order chi connectivity index (χ1) is 18.1. The zero-order chi connectivity index (χ0) is 27.3. The quantitative estimate of drug-likeness (QED) is 0.303. The van der Waals surface area contributed by atoms with Crippen LogP contribution in [0.1, 0.15) is 31.5 Å². The summed E-state index contributed by atoms with van der Waals surface area (Å²) in [5.74, 6) is -0.815. The maximum Gasteiger partial charge on any atom is 0.398 e. The van der Waals surface area contributed by atoms with Gasteiger partial charge < -0.3 is 16.4 Å². The Hall–Kier alpha value is -4.07. The highest BCUT2D eigenvalue weighted by Crippen LogP contribution is 2.53. The standard InChI is InChI=1S/C30H31F3N4O/c1-20(2)29(30(31,32)33)17-15-25(21-7-4-3-5-8-21)26(19-29)28(38)37-24-13-11-22(12-14-24)35-18-16-23-9-6-10-27(34)36-23/h3-15,17,20,35H,16,18-19H2,1-2H3,(H2,34,36)(H,37,38). The number of aromatic nitrogens is 1. The normalized spacial score (nSPS) is 17.5. The van der Waals surface area contributed by atoms with Crippen molar-refractivity contribution in [2.75, 3.05) is 22.9 Å². The van der Waals surface area contributed by atoms with E-state index in [-0.39, 0.29) is 5.57 Å². The number of benzene rings is 2. The predicted molar refractivity (Wildman–Crippen MR) is 146 cm³/mol. The van der Waals surface area contributed by atoms with Gasteiger partial charge in [0.2, 0.25) is 0 Å². The van der Waals surface area contributed by atoms with Crippen molar-refractivity contribution in [3.63, 3.8) is 0 Å². The molecule has 0 saturated heterocycles. The molecule has 5 nitrogen and oxygen atoms in total. The summed E-state index contributed by atoms with van der Waals surface area (Å²) in [4.78, 5) is 17.7. The first kappa shape index (κ1) is 27.0. The number of hydrogen-bond donors (Lipinski definition) is 3. The molecule has 8 heteroatoms. The van der Waals surface area contributed by atoms with Crippen molar-refractivity contribution in [1.29, 1.82) is 0 Å². The van der Waals surface area contributed by atoms with Gasteiger partial charge in [-0.15, -0.1) is 0 Å². The first-order valence-electron chi connectivity index (χ1n) is 12.5. The number of nitrogens with one attached hydrogen (secondary N) is 2. The van der Waals surface area contributed by atoms with Crippen molar-refractivity contribution in [3.05, 3.63) is 102 Å². The van der Waals surface area contributed by atoms with Crippen molar-refractivity contribution in [1.82, 2.24) is 4.98 Å². The minimum Gasteiger partial charge on any atom is -0.385 e. The summed E-state index contributed by atoms with van der Waals surface area (Å²) >= 11 is 0. The predicted octanol–water partition coefficient (Wildman–Crippen LogP) is 6.88. The number of hydrogen-bond acceptors (Lipinski definition) is 4. The van der Waals surface area contributed by atoms with E-state index >= 15 is 0 Å². The maximum atomic E-state index is 14.3. The van der Waals surface area contributed by atoms with E-state index in [1.54, 1.807) is 42.5 Å². The lowest BCUT2D eigenvalue weighted by Gasteiger charge is -2.40. The van der Waals surface area contributed by atoms with E-state index < -0.39 is 29.8 Å². The van der Waals surface area contributed by atoms with Gasteiger partial charge in [0.25, 0.3) is 5.91 Å². The average molecular weight is 521 g/mol. The lowest BCUT2D eigenvalue weighted by atomic mass is 9.67. The number of amides is 1. The summed E-state index contributed by atoms with van der Waals surface area (Å²) in [5, 5.41) is 6.09. The molecule has 1 aliphatic rings. The van der Waals surface area contributed by atoms with E-state index in [1.165, 1.54) is 26.0 Å². The number of nitrogen functional groups attached to an aromatic ring is 1. The van der Waals surface area contributed by atoms with Crippen LogP contribution in [0.25, 0.3) is 5.57 Å². The Kier molecular flexibility index (Phi) is 7.90. The number of carbonyl (C=O) groups excluding carboxylic acids is 1. The molecule has 198 valence electrons. The molecule has 0 aliphatic heterocycles. The Labute approximate surface area is 220 Å². The van der Waals surface area contributed by atoms with Crippen molar-refractivity contribution in [2.45, 2.75) is 32.9 Å². The van der Waals surface area contributed by atoms with Crippen LogP contribution in [-0.4, -0.2) is 23.6 Å². The zero-order valence-electron chi connectivity index (χ0n) is 21.3. The highest BCUT2D eigenvalue weighted by molar-refractivity contribution is 6.10. The van der Waals surface area contributed by atoms with Crippen molar-refractivity contribution in [3.8, 4) is 0 Å². The Morgan fingerprint density at radius 2 is 1.68 bits per heavy atom. The van der Waals surface area contributed by atoms with Gasteiger partial charge in [-0.05, 0) is 59.9 Å². The molecule has 1 unspecified atom stereocenters. The number of nitrogens with two attached hydrogens (primary N) is 1. The van der Waals surface area contributed by atoms with E-state index in [1.807, 2.05) is 30.3 Å². The summed E-state index contributed by atoms with van der Waals surface area (Å²) in [6.07, 6.45) is -1.58. The highest BCUT2D eigenvalue weighted by Gasteiger charge is 2.56. The number of halogens is 3. The van der Waals surface area contributed by atoms with E-state index in [2.05, 4.69) is 15.6 Å². The molecule has 4 N–H and O–H groups in total. The second kappa shape index (κ2) is 11.1. The molecule has 1 aromatic heterocycles. The van der Waals surface area contributed by atoms with E-state index in [9.17, 15) is 18.0 Å². The monoisotopic (exact) mass is 520 g/mol. The molecule has 0 saturated carbocycles. The van der Waals surface area contributed by atoms with Crippen molar-refractivity contribution >= 4 is 28.7 Å². The average Bonchev–Trinajstić information content (AvgIpc) is 2.89. The summed E-state index contributed by atoms with van der Waals surface area (Å²) in [6.45, 7) is 3.71. The fraction of sp³-hybridized carbons (Fsp3) is 0.267. The second-order valence-corrected chi connectivity index (χ2v) is 9.72. The van der Waals surface area contributed by atoms with Crippen LogP contribution >= 0.6 is 0 Å². The van der Waals surface area contributed by atoms with Crippen molar-refractivity contribution < 1.29 is 18.0 Å². The lowest BCUT2D eigenvalue weighted by molar-refractivity contribution is -0.219. The summed E-state index contributed by atoms with van der Waals surface area (Å²) in [7, 11) is 0. The SMILES string of the molecule is CC(C)C1(C(F)(F)F)C=CC(c2ccccc2)=C(C(=O)Nc2ccc(NCCc3cccc(N)n3)cc2)C1. The van der Waals surface area contributed by atoms with Gasteiger partial charge >= 0.3 is 6.18 Å². The third kappa shape index (κ3) is 5.90. The van der Waals surface area contributed by atoms with Crippen LogP contribution in [0.4, 0.5) is 30.4 Å². The van der Waals surface area contributed by atoms with Crippen LogP contribution in [0.15, 0.2) is 90.5 Å². The second-order valence-electron chi connectivity index (χ2n) is 9.72. The maximum absolute atomic E-state index is 14.3. The molecule has 2 aromatic carbocycles. The summed E-state index contributed by atoms with van der Waals surface area (Å²) in [6, 6.07) is 21.6. The summed E-state index contributed by atoms with van der Waals surface area (Å²) < 4.78 is 42.9. The molecule has 1 amide bonds. The van der Waals surface area contributed by atoms with Crippen LogP contribution < -0.4 is 16.4 Å². The Morgan fingerprint density at radius 3 is 2.32 bits per heavy atom. The Morgan fingerprint density at radius 1 is 1.00 bits per heavy atom. The molecule has 0 fully saturated rings. The number of pyridine rings is 1. The molecule has 0 spiro atoms. The highest BCUT2D eigenvalue weighted by atomic mass is 19.4. The van der Waals surface area contributed by atoms with Crippen molar-refractivity contribution in [2.24, 2.45) is 11.3 Å². The topological polar surface area (TPSA) is 80.0 Å². The van der Waals surface area contributed by atoms with Gasteiger partial charge in [-0.1, -0.05) is 62.4 Å². The summed E-state index contributed by atoms with van der Waals surface area (Å²) in [5.41, 5.74) is 7.11. The molecule has 0 bridgehead atoms. The zero-order valence-corrected chi connectivity index (χ0v) is 21.3. The number of anilines is 3.